The van der Waals surface area contributed by atoms with Crippen LogP contribution < -0.4 is 25.6 Å². The topological polar surface area (TPSA) is 97.9 Å². The van der Waals surface area contributed by atoms with Gasteiger partial charge in [-0.3, -0.25) is 25.8 Å². The molecule has 10 heteroatoms. The molecule has 0 atom stereocenters. The second-order valence-corrected chi connectivity index (χ2v) is 6.81. The molecule has 0 saturated carbocycles. The molecule has 0 aliphatic heterocycles. The molecule has 3 N–H and O–H groups in total. The lowest BCUT2D eigenvalue weighted by molar-refractivity contribution is -0.123. The molecule has 154 valence electrons. The van der Waals surface area contributed by atoms with Crippen molar-refractivity contribution in [3.8, 4) is 11.5 Å². The number of thiocarbonyl (C=S) groups is 1. The minimum Gasteiger partial charge on any atom is -0.490 e. The normalized spacial score (nSPS) is 10.0. The molecule has 0 aliphatic carbocycles. The summed E-state index contributed by atoms with van der Waals surface area (Å²) in [4.78, 5) is 24.0. The zero-order valence-electron chi connectivity index (χ0n) is 15.6. The molecule has 2 rings (SSSR count). The predicted octanol–water partition coefficient (Wildman–Crippen LogP) is 2.19. The highest BCUT2D eigenvalue weighted by Crippen LogP contribution is 2.26. The first-order chi connectivity index (χ1) is 14.0. The molecule has 2 amide bonds. The van der Waals surface area contributed by atoms with E-state index in [1.165, 1.54) is 0 Å². The first-order valence-corrected chi connectivity index (χ1v) is 9.69. The average molecular weight is 482 g/mol. The van der Waals surface area contributed by atoms with E-state index in [1.54, 1.807) is 49.6 Å². The van der Waals surface area contributed by atoms with Crippen molar-refractivity contribution in [3.63, 3.8) is 0 Å². The highest BCUT2D eigenvalue weighted by molar-refractivity contribution is 9.10. The lowest BCUT2D eigenvalue weighted by atomic mass is 10.2. The largest absolute Gasteiger partial charge is 0.490 e. The molecular weight excluding hydrogens is 462 g/mol. The Morgan fingerprint density at radius 2 is 1.79 bits per heavy atom. The van der Waals surface area contributed by atoms with Crippen LogP contribution in [0.25, 0.3) is 0 Å². The summed E-state index contributed by atoms with van der Waals surface area (Å²) >= 11 is 8.36. The molecule has 8 nitrogen and oxygen atoms in total. The standard InChI is InChI=1S/C19H20BrN3O5S/c1-26-9-10-27-16-8-7-13(11-15(16)20)18(25)21-19(29)23-22-17(24)12-28-14-5-3-2-4-6-14/h2-8,11H,9-10,12H2,1H3,(H,22,24)(H2,21,23,25,29). The van der Waals surface area contributed by atoms with Gasteiger partial charge < -0.3 is 14.2 Å². The quantitative estimate of drug-likeness (QED) is 0.302. The van der Waals surface area contributed by atoms with E-state index >= 15 is 0 Å². The Bertz CT molecular complexity index is 851. The monoisotopic (exact) mass is 481 g/mol. The molecule has 29 heavy (non-hydrogen) atoms. The second-order valence-electron chi connectivity index (χ2n) is 5.54. The van der Waals surface area contributed by atoms with Crippen molar-refractivity contribution in [3.05, 3.63) is 58.6 Å². The summed E-state index contributed by atoms with van der Waals surface area (Å²) in [6.45, 7) is 0.643. The third kappa shape index (κ3) is 8.06. The van der Waals surface area contributed by atoms with Gasteiger partial charge in [0.1, 0.15) is 18.1 Å². The van der Waals surface area contributed by atoms with Crippen molar-refractivity contribution in [2.45, 2.75) is 0 Å². The number of methoxy groups -OCH3 is 1. The Labute approximate surface area is 182 Å². The van der Waals surface area contributed by atoms with Gasteiger partial charge in [-0.15, -0.1) is 0 Å². The molecule has 2 aromatic rings. The predicted molar refractivity (Wildman–Crippen MR) is 115 cm³/mol. The number of nitrogens with one attached hydrogen (secondary N) is 3. The van der Waals surface area contributed by atoms with Gasteiger partial charge in [0.15, 0.2) is 11.7 Å². The average Bonchev–Trinajstić information content (AvgIpc) is 2.72. The number of halogens is 1. The third-order valence-electron chi connectivity index (χ3n) is 3.39. The Morgan fingerprint density at radius 3 is 2.48 bits per heavy atom. The summed E-state index contributed by atoms with van der Waals surface area (Å²) in [5, 5.41) is 2.41. The molecule has 0 radical (unpaired) electrons. The first-order valence-electron chi connectivity index (χ1n) is 8.49. The lowest BCUT2D eigenvalue weighted by Gasteiger charge is -2.12. The van der Waals surface area contributed by atoms with Gasteiger partial charge in [0, 0.05) is 12.7 Å². The summed E-state index contributed by atoms with van der Waals surface area (Å²) in [7, 11) is 1.58. The van der Waals surface area contributed by atoms with Crippen LogP contribution in [0, 0.1) is 0 Å². The zero-order chi connectivity index (χ0) is 21.1. The molecular formula is C19H20BrN3O5S. The van der Waals surface area contributed by atoms with Crippen molar-refractivity contribution in [2.24, 2.45) is 0 Å². The summed E-state index contributed by atoms with van der Waals surface area (Å²) in [6.07, 6.45) is 0. The van der Waals surface area contributed by atoms with Crippen molar-refractivity contribution >= 4 is 45.1 Å². The van der Waals surface area contributed by atoms with Crippen molar-refractivity contribution in [1.29, 1.82) is 0 Å². The maximum Gasteiger partial charge on any atom is 0.276 e. The van der Waals surface area contributed by atoms with Gasteiger partial charge in [0.25, 0.3) is 11.8 Å². The molecule has 2 aromatic carbocycles. The van der Waals surface area contributed by atoms with Crippen LogP contribution in [0.2, 0.25) is 0 Å². The number of hydrogen-bond donors (Lipinski definition) is 3. The van der Waals surface area contributed by atoms with Crippen LogP contribution >= 0.6 is 28.1 Å². The summed E-state index contributed by atoms with van der Waals surface area (Å²) in [6, 6.07) is 13.8. The SMILES string of the molecule is COCCOc1ccc(C(=O)NC(=S)NNC(=O)COc2ccccc2)cc1Br. The fourth-order valence-corrected chi connectivity index (χ4v) is 2.67. The van der Waals surface area contributed by atoms with Gasteiger partial charge in [-0.2, -0.15) is 0 Å². The maximum absolute atomic E-state index is 12.3. The fraction of sp³-hybridized carbons (Fsp3) is 0.211. The number of benzene rings is 2. The Kier molecular flexibility index (Phi) is 9.35. The van der Waals surface area contributed by atoms with E-state index in [1.807, 2.05) is 6.07 Å². The van der Waals surface area contributed by atoms with Crippen LogP contribution in [0.5, 0.6) is 11.5 Å². The van der Waals surface area contributed by atoms with E-state index in [2.05, 4.69) is 32.1 Å². The molecule has 0 spiro atoms. The van der Waals surface area contributed by atoms with Gasteiger partial charge in [0.2, 0.25) is 0 Å². The third-order valence-corrected chi connectivity index (χ3v) is 4.22. The van der Waals surface area contributed by atoms with Crippen LogP contribution in [0.15, 0.2) is 53.0 Å². The van der Waals surface area contributed by atoms with Crippen molar-refractivity contribution < 1.29 is 23.8 Å². The van der Waals surface area contributed by atoms with Crippen molar-refractivity contribution in [1.82, 2.24) is 16.2 Å². The van der Waals surface area contributed by atoms with Crippen LogP contribution in [-0.4, -0.2) is 43.9 Å². The Balaban J connectivity index is 1.76. The van der Waals surface area contributed by atoms with E-state index in [-0.39, 0.29) is 11.7 Å². The van der Waals surface area contributed by atoms with Crippen LogP contribution in [0.1, 0.15) is 10.4 Å². The maximum atomic E-state index is 12.3. The number of para-hydroxylation sites is 1. The van der Waals surface area contributed by atoms with Crippen molar-refractivity contribution in [2.75, 3.05) is 26.9 Å². The van der Waals surface area contributed by atoms with Gasteiger partial charge >= 0.3 is 0 Å². The zero-order valence-corrected chi connectivity index (χ0v) is 18.0. The number of hydrogen-bond acceptors (Lipinski definition) is 6. The molecule has 0 bridgehead atoms. The van der Waals surface area contributed by atoms with E-state index < -0.39 is 11.8 Å². The van der Waals surface area contributed by atoms with Crippen LogP contribution in [0.3, 0.4) is 0 Å². The van der Waals surface area contributed by atoms with Crippen LogP contribution in [0.4, 0.5) is 0 Å². The van der Waals surface area contributed by atoms with E-state index in [0.29, 0.717) is 34.7 Å². The van der Waals surface area contributed by atoms with E-state index in [9.17, 15) is 9.59 Å². The summed E-state index contributed by atoms with van der Waals surface area (Å²) in [5.41, 5.74) is 5.16. The highest BCUT2D eigenvalue weighted by Gasteiger charge is 2.11. The summed E-state index contributed by atoms with van der Waals surface area (Å²) < 4.78 is 16.4. The molecule has 0 heterocycles. The van der Waals surface area contributed by atoms with Gasteiger partial charge in [-0.25, -0.2) is 0 Å². The number of carbonyl (C=O) groups is 2. The number of carbonyl (C=O) groups excluding carboxylic acids is 2. The smallest absolute Gasteiger partial charge is 0.276 e. The number of hydrazine groups is 1. The molecule has 0 aromatic heterocycles. The number of rotatable bonds is 8. The first kappa shape index (κ1) is 22.6. The lowest BCUT2D eigenvalue weighted by Crippen LogP contribution is -2.49. The second kappa shape index (κ2) is 12.0. The number of ether oxygens (including phenoxy) is 3. The molecule has 0 unspecified atom stereocenters. The van der Waals surface area contributed by atoms with Gasteiger partial charge in [-0.1, -0.05) is 18.2 Å². The minimum absolute atomic E-state index is 0.0559. The van der Waals surface area contributed by atoms with Gasteiger partial charge in [-0.05, 0) is 58.5 Å². The molecule has 0 fully saturated rings. The van der Waals surface area contributed by atoms with E-state index in [4.69, 9.17) is 26.4 Å². The Hall–Kier alpha value is -2.69. The molecule has 0 saturated heterocycles. The molecule has 0 aliphatic rings. The van der Waals surface area contributed by atoms with E-state index in [0.717, 1.165) is 0 Å². The Morgan fingerprint density at radius 1 is 1.03 bits per heavy atom. The van der Waals surface area contributed by atoms with Gasteiger partial charge in [0.05, 0.1) is 11.1 Å². The number of amides is 2. The minimum atomic E-state index is -0.453. The summed E-state index contributed by atoms with van der Waals surface area (Å²) in [5.74, 6) is 0.260. The van der Waals surface area contributed by atoms with Crippen LogP contribution in [-0.2, 0) is 9.53 Å². The fourth-order valence-electron chi connectivity index (χ4n) is 2.03. The highest BCUT2D eigenvalue weighted by atomic mass is 79.9.